The molecule has 1 aliphatic carbocycles. The lowest BCUT2D eigenvalue weighted by Crippen LogP contribution is -2.20. The van der Waals surface area contributed by atoms with Gasteiger partial charge in [0.05, 0.1) is 4.92 Å². The van der Waals surface area contributed by atoms with Gasteiger partial charge >= 0.3 is 0 Å². The van der Waals surface area contributed by atoms with E-state index < -0.39 is 10.8 Å². The molecular formula is C12H12ClN3O3. The lowest BCUT2D eigenvalue weighted by molar-refractivity contribution is -0.385. The van der Waals surface area contributed by atoms with Crippen molar-refractivity contribution in [2.45, 2.75) is 19.8 Å². The molecule has 1 aliphatic rings. The maximum atomic E-state index is 11.9. The molecule has 0 spiro atoms. The highest BCUT2D eigenvalue weighted by Gasteiger charge is 2.25. The third-order valence-electron chi connectivity index (χ3n) is 2.90. The van der Waals surface area contributed by atoms with Crippen LogP contribution in [-0.4, -0.2) is 16.5 Å². The summed E-state index contributed by atoms with van der Waals surface area (Å²) in [6.07, 6.45) is 2.15. The molecule has 6 nitrogen and oxygen atoms in total. The minimum atomic E-state index is -0.641. The molecule has 1 fully saturated rings. The van der Waals surface area contributed by atoms with E-state index in [1.165, 1.54) is 12.1 Å². The predicted molar refractivity (Wildman–Crippen MR) is 71.4 cm³/mol. The molecule has 1 aromatic rings. The van der Waals surface area contributed by atoms with Gasteiger partial charge in [0.2, 0.25) is 0 Å². The molecule has 0 bridgehead atoms. The van der Waals surface area contributed by atoms with Crippen LogP contribution in [0.1, 0.15) is 30.1 Å². The van der Waals surface area contributed by atoms with E-state index in [1.54, 1.807) is 0 Å². The number of carbonyl (C=O) groups excluding carboxylic acids is 1. The maximum Gasteiger partial charge on any atom is 0.283 e. The molecule has 1 N–H and O–H groups in total. The predicted octanol–water partition coefficient (Wildman–Crippen LogP) is 2.76. The Morgan fingerprint density at radius 2 is 2.21 bits per heavy atom. The number of hydrogen-bond acceptors (Lipinski definition) is 4. The van der Waals surface area contributed by atoms with Gasteiger partial charge in [0.15, 0.2) is 0 Å². The fourth-order valence-corrected chi connectivity index (χ4v) is 1.81. The zero-order valence-corrected chi connectivity index (χ0v) is 11.0. The number of hydrogen-bond donors (Lipinski definition) is 1. The van der Waals surface area contributed by atoms with E-state index in [2.05, 4.69) is 10.5 Å². The first-order chi connectivity index (χ1) is 8.99. The number of nitrogens with zero attached hydrogens (tertiary/aromatic N) is 2. The first-order valence-corrected chi connectivity index (χ1v) is 6.15. The summed E-state index contributed by atoms with van der Waals surface area (Å²) in [5.41, 5.74) is 2.79. The Kier molecular flexibility index (Phi) is 3.80. The average molecular weight is 282 g/mol. The maximum absolute atomic E-state index is 11.9. The van der Waals surface area contributed by atoms with Crippen molar-refractivity contribution in [3.63, 3.8) is 0 Å². The van der Waals surface area contributed by atoms with E-state index in [9.17, 15) is 14.9 Å². The molecular weight excluding hydrogens is 270 g/mol. The summed E-state index contributed by atoms with van der Waals surface area (Å²) in [6.45, 7) is 1.83. The van der Waals surface area contributed by atoms with Gasteiger partial charge in [-0.05, 0) is 37.8 Å². The standard InChI is InChI=1S/C12H12ClN3O3/c1-7(8-2-3-8)14-15-12(17)10-5-4-9(13)6-11(10)16(18)19/h4-6,8H,2-3H2,1H3,(H,15,17)/b14-7+. The third-order valence-corrected chi connectivity index (χ3v) is 3.14. The Hall–Kier alpha value is -1.95. The van der Waals surface area contributed by atoms with Gasteiger partial charge in [-0.1, -0.05) is 11.6 Å². The number of rotatable bonds is 4. The summed E-state index contributed by atoms with van der Waals surface area (Å²) in [4.78, 5) is 22.1. The van der Waals surface area contributed by atoms with Gasteiger partial charge in [-0.3, -0.25) is 14.9 Å². The summed E-state index contributed by atoms with van der Waals surface area (Å²) >= 11 is 5.68. The summed E-state index contributed by atoms with van der Waals surface area (Å²) < 4.78 is 0. The minimum absolute atomic E-state index is 0.0539. The van der Waals surface area contributed by atoms with Crippen molar-refractivity contribution in [2.75, 3.05) is 0 Å². The molecule has 1 saturated carbocycles. The molecule has 1 amide bonds. The van der Waals surface area contributed by atoms with Crippen molar-refractivity contribution in [3.05, 3.63) is 38.9 Å². The molecule has 0 atom stereocenters. The second-order valence-corrected chi connectivity index (χ2v) is 4.82. The van der Waals surface area contributed by atoms with Gasteiger partial charge < -0.3 is 0 Å². The van der Waals surface area contributed by atoms with Crippen molar-refractivity contribution >= 4 is 28.9 Å². The van der Waals surface area contributed by atoms with E-state index in [0.29, 0.717) is 5.92 Å². The van der Waals surface area contributed by atoms with Crippen molar-refractivity contribution in [2.24, 2.45) is 11.0 Å². The summed E-state index contributed by atoms with van der Waals surface area (Å²) in [5, 5.41) is 15.0. The van der Waals surface area contributed by atoms with Crippen molar-refractivity contribution in [1.29, 1.82) is 0 Å². The number of nitro benzene ring substituents is 1. The highest BCUT2D eigenvalue weighted by Crippen LogP contribution is 2.30. The molecule has 19 heavy (non-hydrogen) atoms. The minimum Gasteiger partial charge on any atom is -0.267 e. The van der Waals surface area contributed by atoms with E-state index >= 15 is 0 Å². The van der Waals surface area contributed by atoms with E-state index in [4.69, 9.17) is 11.6 Å². The molecule has 0 unspecified atom stereocenters. The molecule has 0 saturated heterocycles. The highest BCUT2D eigenvalue weighted by atomic mass is 35.5. The quantitative estimate of drug-likeness (QED) is 0.523. The highest BCUT2D eigenvalue weighted by molar-refractivity contribution is 6.31. The topological polar surface area (TPSA) is 84.6 Å². The number of nitro groups is 1. The molecule has 0 heterocycles. The third kappa shape index (κ3) is 3.29. The van der Waals surface area contributed by atoms with Crippen LogP contribution in [0.4, 0.5) is 5.69 Å². The van der Waals surface area contributed by atoms with Crippen LogP contribution in [0.15, 0.2) is 23.3 Å². The largest absolute Gasteiger partial charge is 0.283 e. The summed E-state index contributed by atoms with van der Waals surface area (Å²) in [7, 11) is 0. The van der Waals surface area contributed by atoms with Gasteiger partial charge in [-0.15, -0.1) is 0 Å². The lowest BCUT2D eigenvalue weighted by Gasteiger charge is -2.03. The summed E-state index contributed by atoms with van der Waals surface area (Å²) in [6, 6.07) is 3.90. The van der Waals surface area contributed by atoms with Crippen LogP contribution in [0.2, 0.25) is 5.02 Å². The number of nitrogens with one attached hydrogen (secondary N) is 1. The Morgan fingerprint density at radius 3 is 2.79 bits per heavy atom. The Bertz CT molecular complexity index is 567. The van der Waals surface area contributed by atoms with Gasteiger partial charge in [0.1, 0.15) is 5.56 Å². The number of amides is 1. The first kappa shape index (κ1) is 13.5. The van der Waals surface area contributed by atoms with Crippen molar-refractivity contribution in [1.82, 2.24) is 5.43 Å². The lowest BCUT2D eigenvalue weighted by atomic mass is 10.2. The molecule has 100 valence electrons. The molecule has 0 aromatic heterocycles. The van der Waals surface area contributed by atoms with Gasteiger partial charge in [-0.25, -0.2) is 5.43 Å². The monoisotopic (exact) mass is 281 g/mol. The second-order valence-electron chi connectivity index (χ2n) is 4.39. The fraction of sp³-hybridized carbons (Fsp3) is 0.333. The van der Waals surface area contributed by atoms with Crippen LogP contribution in [0.25, 0.3) is 0 Å². The number of halogens is 1. The molecule has 1 aromatic carbocycles. The van der Waals surface area contributed by atoms with Crippen molar-refractivity contribution in [3.8, 4) is 0 Å². The fourth-order valence-electron chi connectivity index (χ4n) is 1.64. The average Bonchev–Trinajstić information content (AvgIpc) is 3.19. The smallest absolute Gasteiger partial charge is 0.267 e. The molecule has 2 rings (SSSR count). The van der Waals surface area contributed by atoms with Crippen LogP contribution < -0.4 is 5.43 Å². The van der Waals surface area contributed by atoms with Crippen LogP contribution in [-0.2, 0) is 0 Å². The van der Waals surface area contributed by atoms with E-state index in [1.807, 2.05) is 6.92 Å². The number of benzene rings is 1. The molecule has 7 heteroatoms. The van der Waals surface area contributed by atoms with Crippen LogP contribution in [0, 0.1) is 16.0 Å². The number of hydrazone groups is 1. The second kappa shape index (κ2) is 5.36. The van der Waals surface area contributed by atoms with Crippen molar-refractivity contribution < 1.29 is 9.72 Å². The number of carbonyl (C=O) groups is 1. The van der Waals surface area contributed by atoms with Gasteiger partial charge in [-0.2, -0.15) is 5.10 Å². The summed E-state index contributed by atoms with van der Waals surface area (Å²) in [5.74, 6) is -0.177. The van der Waals surface area contributed by atoms with E-state index in [-0.39, 0.29) is 16.3 Å². The Balaban J connectivity index is 2.18. The first-order valence-electron chi connectivity index (χ1n) is 5.77. The van der Waals surface area contributed by atoms with E-state index in [0.717, 1.165) is 24.6 Å². The van der Waals surface area contributed by atoms with Crippen LogP contribution in [0.3, 0.4) is 0 Å². The zero-order valence-electron chi connectivity index (χ0n) is 10.2. The Labute approximate surface area is 114 Å². The van der Waals surface area contributed by atoms with Crippen LogP contribution >= 0.6 is 11.6 Å². The normalized spacial score (nSPS) is 15.2. The zero-order chi connectivity index (χ0) is 14.0. The van der Waals surface area contributed by atoms with Gasteiger partial charge in [0.25, 0.3) is 11.6 Å². The molecule has 0 radical (unpaired) electrons. The van der Waals surface area contributed by atoms with Crippen LogP contribution in [0.5, 0.6) is 0 Å². The van der Waals surface area contributed by atoms with Gasteiger partial charge in [0, 0.05) is 16.8 Å². The molecule has 0 aliphatic heterocycles. The Morgan fingerprint density at radius 1 is 1.53 bits per heavy atom. The SMILES string of the molecule is C/C(=N\NC(=O)c1ccc(Cl)cc1[N+](=O)[O-])C1CC1.